The van der Waals surface area contributed by atoms with Crippen LogP contribution in [0.4, 0.5) is 11.4 Å². The Morgan fingerprint density at radius 1 is 1.56 bits per heavy atom. The number of tetrazole rings is 1. The number of nitrogens with one attached hydrogen (secondary N) is 1. The summed E-state index contributed by atoms with van der Waals surface area (Å²) in [5.74, 6) is 5.25. The van der Waals surface area contributed by atoms with Gasteiger partial charge in [0.1, 0.15) is 5.69 Å². The molecule has 0 aliphatic heterocycles. The third-order valence-corrected chi connectivity index (χ3v) is 3.20. The lowest BCUT2D eigenvalue weighted by molar-refractivity contribution is -0.386. The Kier molecular flexibility index (Phi) is 3.39. The van der Waals surface area contributed by atoms with Crippen molar-refractivity contribution in [2.24, 2.45) is 12.9 Å². The van der Waals surface area contributed by atoms with Gasteiger partial charge in [-0.3, -0.25) is 16.0 Å². The van der Waals surface area contributed by atoms with Gasteiger partial charge in [0.15, 0.2) is 0 Å². The number of nitro groups is 1. The summed E-state index contributed by atoms with van der Waals surface area (Å²) in [5, 5.41) is 22.4. The standard InChI is InChI=1S/C8H9N7O2S/c1-14-8(11-12-13-14)18-6-4-2-3-5(10-9)7(6)15(16)17/h2-4,10H,9H2,1H3. The van der Waals surface area contributed by atoms with Crippen LogP contribution in [0.25, 0.3) is 0 Å². The molecule has 0 atom stereocenters. The normalized spacial score (nSPS) is 10.3. The summed E-state index contributed by atoms with van der Waals surface area (Å²) in [5.41, 5.74) is 2.43. The summed E-state index contributed by atoms with van der Waals surface area (Å²) in [4.78, 5) is 11.0. The zero-order valence-corrected chi connectivity index (χ0v) is 10.1. The molecule has 94 valence electrons. The van der Waals surface area contributed by atoms with Gasteiger partial charge in [0.2, 0.25) is 5.16 Å². The van der Waals surface area contributed by atoms with Crippen LogP contribution in [0.3, 0.4) is 0 Å². The highest BCUT2D eigenvalue weighted by Crippen LogP contribution is 2.37. The van der Waals surface area contributed by atoms with Crippen molar-refractivity contribution in [2.75, 3.05) is 5.43 Å². The van der Waals surface area contributed by atoms with Crippen molar-refractivity contribution >= 4 is 23.1 Å². The van der Waals surface area contributed by atoms with E-state index in [4.69, 9.17) is 5.84 Å². The highest BCUT2D eigenvalue weighted by Gasteiger charge is 2.21. The molecular formula is C8H9N7O2S. The van der Waals surface area contributed by atoms with Crippen LogP contribution >= 0.6 is 11.8 Å². The SMILES string of the molecule is Cn1nnnc1Sc1cccc(NN)c1[N+](=O)[O-]. The fraction of sp³-hybridized carbons (Fsp3) is 0.125. The minimum Gasteiger partial charge on any atom is -0.318 e. The van der Waals surface area contributed by atoms with Crippen molar-refractivity contribution in [3.8, 4) is 0 Å². The number of hydrogen-bond donors (Lipinski definition) is 2. The number of aryl methyl sites for hydroxylation is 1. The molecular weight excluding hydrogens is 258 g/mol. The van der Waals surface area contributed by atoms with Crippen LogP contribution in [0.5, 0.6) is 0 Å². The molecule has 3 N–H and O–H groups in total. The molecule has 2 aromatic rings. The van der Waals surface area contributed by atoms with Gasteiger partial charge in [-0.15, -0.1) is 5.10 Å². The van der Waals surface area contributed by atoms with Crippen LogP contribution in [-0.2, 0) is 7.05 Å². The third-order valence-electron chi connectivity index (χ3n) is 2.12. The molecule has 0 fully saturated rings. The quantitative estimate of drug-likeness (QED) is 0.467. The van der Waals surface area contributed by atoms with Crippen molar-refractivity contribution in [1.82, 2.24) is 20.2 Å². The maximum atomic E-state index is 11.1. The lowest BCUT2D eigenvalue weighted by Gasteiger charge is -2.05. The molecule has 0 radical (unpaired) electrons. The molecule has 9 nitrogen and oxygen atoms in total. The Morgan fingerprint density at radius 2 is 2.33 bits per heavy atom. The topological polar surface area (TPSA) is 125 Å². The molecule has 0 saturated carbocycles. The molecule has 2 rings (SSSR count). The smallest absolute Gasteiger partial charge is 0.307 e. The second kappa shape index (κ2) is 4.98. The molecule has 18 heavy (non-hydrogen) atoms. The number of hydrogen-bond acceptors (Lipinski definition) is 8. The first kappa shape index (κ1) is 12.3. The lowest BCUT2D eigenvalue weighted by Crippen LogP contribution is -2.09. The van der Waals surface area contributed by atoms with Crippen LogP contribution in [0.2, 0.25) is 0 Å². The van der Waals surface area contributed by atoms with E-state index in [1.165, 1.54) is 10.7 Å². The van der Waals surface area contributed by atoms with Gasteiger partial charge < -0.3 is 5.43 Å². The van der Waals surface area contributed by atoms with Gasteiger partial charge in [-0.25, -0.2) is 4.68 Å². The van der Waals surface area contributed by atoms with Crippen LogP contribution in [0, 0.1) is 10.1 Å². The molecule has 1 heterocycles. The zero-order chi connectivity index (χ0) is 13.1. The minimum absolute atomic E-state index is 0.104. The minimum atomic E-state index is -0.499. The maximum absolute atomic E-state index is 11.1. The predicted octanol–water partition coefficient (Wildman–Crippen LogP) is 0.555. The summed E-state index contributed by atoms with van der Waals surface area (Å²) >= 11 is 1.09. The fourth-order valence-electron chi connectivity index (χ4n) is 1.32. The fourth-order valence-corrected chi connectivity index (χ4v) is 2.19. The Hall–Kier alpha value is -2.20. The molecule has 0 saturated heterocycles. The van der Waals surface area contributed by atoms with E-state index in [0.29, 0.717) is 10.1 Å². The molecule has 0 aliphatic rings. The highest BCUT2D eigenvalue weighted by molar-refractivity contribution is 7.99. The highest BCUT2D eigenvalue weighted by atomic mass is 32.2. The van der Waals surface area contributed by atoms with E-state index in [2.05, 4.69) is 21.0 Å². The van der Waals surface area contributed by atoms with Crippen LogP contribution < -0.4 is 11.3 Å². The van der Waals surface area contributed by atoms with Gasteiger partial charge in [0.25, 0.3) is 0 Å². The van der Waals surface area contributed by atoms with Crippen molar-refractivity contribution in [3.63, 3.8) is 0 Å². The van der Waals surface area contributed by atoms with E-state index in [0.717, 1.165) is 11.8 Å². The Bertz CT molecular complexity index is 585. The van der Waals surface area contributed by atoms with E-state index in [1.807, 2.05) is 0 Å². The van der Waals surface area contributed by atoms with Crippen molar-refractivity contribution in [2.45, 2.75) is 10.1 Å². The molecule has 0 amide bonds. The number of nitrogens with zero attached hydrogens (tertiary/aromatic N) is 5. The summed E-state index contributed by atoms with van der Waals surface area (Å²) in [7, 11) is 1.65. The Balaban J connectivity index is 2.44. The summed E-state index contributed by atoms with van der Waals surface area (Å²) in [6.45, 7) is 0. The molecule has 0 aliphatic carbocycles. The summed E-state index contributed by atoms with van der Waals surface area (Å²) in [6.07, 6.45) is 0. The number of para-hydroxylation sites is 1. The van der Waals surface area contributed by atoms with Crippen LogP contribution in [0.1, 0.15) is 0 Å². The van der Waals surface area contributed by atoms with E-state index >= 15 is 0 Å². The number of benzene rings is 1. The van der Waals surface area contributed by atoms with Gasteiger partial charge in [-0.2, -0.15) is 0 Å². The largest absolute Gasteiger partial charge is 0.318 e. The van der Waals surface area contributed by atoms with Crippen molar-refractivity contribution in [3.05, 3.63) is 28.3 Å². The first-order chi connectivity index (χ1) is 8.63. The average Bonchev–Trinajstić information content (AvgIpc) is 2.74. The number of nitro benzene ring substituents is 1. The molecule has 10 heteroatoms. The Labute approximate surface area is 105 Å². The summed E-state index contributed by atoms with van der Waals surface area (Å²) in [6, 6.07) is 4.80. The van der Waals surface area contributed by atoms with Crippen LogP contribution in [-0.4, -0.2) is 25.1 Å². The van der Waals surface area contributed by atoms with Gasteiger partial charge in [-0.1, -0.05) is 6.07 Å². The van der Waals surface area contributed by atoms with Gasteiger partial charge in [-0.05, 0) is 34.3 Å². The number of hydrazine groups is 1. The zero-order valence-electron chi connectivity index (χ0n) is 9.27. The van der Waals surface area contributed by atoms with E-state index in [1.54, 1.807) is 19.2 Å². The van der Waals surface area contributed by atoms with E-state index in [-0.39, 0.29) is 11.4 Å². The number of nitrogen functional groups attached to an aromatic ring is 1. The maximum Gasteiger partial charge on any atom is 0.307 e. The molecule has 0 unspecified atom stereocenters. The molecule has 0 bridgehead atoms. The second-order valence-corrected chi connectivity index (χ2v) is 4.25. The number of aromatic nitrogens is 4. The Morgan fingerprint density at radius 3 is 2.89 bits per heavy atom. The van der Waals surface area contributed by atoms with Crippen molar-refractivity contribution in [1.29, 1.82) is 0 Å². The molecule has 0 spiro atoms. The third kappa shape index (κ3) is 2.24. The van der Waals surface area contributed by atoms with Gasteiger partial charge in [0, 0.05) is 7.05 Å². The number of anilines is 1. The first-order valence-corrected chi connectivity index (χ1v) is 5.59. The average molecular weight is 267 g/mol. The first-order valence-electron chi connectivity index (χ1n) is 4.77. The monoisotopic (exact) mass is 267 g/mol. The van der Waals surface area contributed by atoms with Gasteiger partial charge in [0.05, 0.1) is 9.82 Å². The molecule has 1 aromatic carbocycles. The van der Waals surface area contributed by atoms with Crippen LogP contribution in [0.15, 0.2) is 28.3 Å². The lowest BCUT2D eigenvalue weighted by atomic mass is 10.3. The van der Waals surface area contributed by atoms with E-state index < -0.39 is 4.92 Å². The van der Waals surface area contributed by atoms with E-state index in [9.17, 15) is 10.1 Å². The number of rotatable bonds is 4. The second-order valence-electron chi connectivity index (χ2n) is 3.24. The molecule has 1 aromatic heterocycles. The summed E-state index contributed by atoms with van der Waals surface area (Å²) < 4.78 is 1.43. The van der Waals surface area contributed by atoms with Crippen molar-refractivity contribution < 1.29 is 4.92 Å². The predicted molar refractivity (Wildman–Crippen MR) is 63.8 cm³/mol. The van der Waals surface area contributed by atoms with Gasteiger partial charge >= 0.3 is 5.69 Å². The number of nitrogens with two attached hydrogens (primary N) is 1.